The van der Waals surface area contributed by atoms with Crippen molar-refractivity contribution in [1.29, 1.82) is 0 Å². The van der Waals surface area contributed by atoms with Crippen molar-refractivity contribution in [2.24, 2.45) is 5.84 Å². The van der Waals surface area contributed by atoms with Gasteiger partial charge in [0.05, 0.1) is 6.61 Å². The highest BCUT2D eigenvalue weighted by atomic mass is 16.5. The van der Waals surface area contributed by atoms with Crippen molar-refractivity contribution < 1.29 is 4.74 Å². The molecular weight excluding hydrogens is 188 g/mol. The Morgan fingerprint density at radius 2 is 2.40 bits per heavy atom. The van der Waals surface area contributed by atoms with Crippen molar-refractivity contribution >= 4 is 0 Å². The number of nitrogens with one attached hydrogen (secondary N) is 1. The molecule has 3 heteroatoms. The molecule has 1 aromatic carbocycles. The van der Waals surface area contributed by atoms with Crippen LogP contribution < -0.4 is 16.0 Å². The Morgan fingerprint density at radius 1 is 1.60 bits per heavy atom. The fraction of sp³-hybridized carbons (Fsp3) is 0.333. The van der Waals surface area contributed by atoms with Gasteiger partial charge in [-0.1, -0.05) is 18.2 Å². The fourth-order valence-electron chi connectivity index (χ4n) is 1.45. The van der Waals surface area contributed by atoms with Crippen LogP contribution in [0.5, 0.6) is 5.75 Å². The van der Waals surface area contributed by atoms with Gasteiger partial charge in [-0.3, -0.25) is 11.3 Å². The van der Waals surface area contributed by atoms with E-state index in [9.17, 15) is 0 Å². The number of rotatable bonds is 6. The minimum absolute atomic E-state index is 0.0999. The normalized spacial score (nSPS) is 12.1. The van der Waals surface area contributed by atoms with Gasteiger partial charge in [0.1, 0.15) is 5.75 Å². The molecular formula is C12H18N2O. The van der Waals surface area contributed by atoms with E-state index in [-0.39, 0.29) is 6.04 Å². The first kappa shape index (κ1) is 11.8. The van der Waals surface area contributed by atoms with Crippen molar-refractivity contribution in [2.75, 3.05) is 6.61 Å². The van der Waals surface area contributed by atoms with Gasteiger partial charge in [-0.25, -0.2) is 0 Å². The molecule has 82 valence electrons. The van der Waals surface area contributed by atoms with Crippen LogP contribution in [0.1, 0.15) is 24.9 Å². The Morgan fingerprint density at radius 3 is 3.00 bits per heavy atom. The molecule has 0 aliphatic heterocycles. The molecule has 0 amide bonds. The van der Waals surface area contributed by atoms with Crippen molar-refractivity contribution in [3.05, 3.63) is 42.5 Å². The van der Waals surface area contributed by atoms with Crippen molar-refractivity contribution in [2.45, 2.75) is 19.4 Å². The highest BCUT2D eigenvalue weighted by molar-refractivity contribution is 5.30. The van der Waals surface area contributed by atoms with E-state index in [0.717, 1.165) is 17.7 Å². The summed E-state index contributed by atoms with van der Waals surface area (Å²) in [5.41, 5.74) is 3.88. The van der Waals surface area contributed by atoms with Crippen LogP contribution in [0.25, 0.3) is 0 Å². The summed E-state index contributed by atoms with van der Waals surface area (Å²) >= 11 is 0. The maximum absolute atomic E-state index is 5.48. The molecule has 0 fully saturated rings. The number of hydrogen-bond acceptors (Lipinski definition) is 3. The van der Waals surface area contributed by atoms with Crippen LogP contribution in [0.4, 0.5) is 0 Å². The first-order chi connectivity index (χ1) is 7.31. The average Bonchev–Trinajstić information content (AvgIpc) is 2.27. The second-order valence-electron chi connectivity index (χ2n) is 3.25. The van der Waals surface area contributed by atoms with Crippen LogP contribution >= 0.6 is 0 Å². The minimum atomic E-state index is 0.0999. The Labute approximate surface area is 90.9 Å². The lowest BCUT2D eigenvalue weighted by atomic mass is 10.0. The van der Waals surface area contributed by atoms with Gasteiger partial charge < -0.3 is 4.74 Å². The quantitative estimate of drug-likeness (QED) is 0.426. The van der Waals surface area contributed by atoms with Gasteiger partial charge in [-0.2, -0.15) is 0 Å². The van der Waals surface area contributed by atoms with E-state index >= 15 is 0 Å². The monoisotopic (exact) mass is 206 g/mol. The van der Waals surface area contributed by atoms with Gasteiger partial charge in [0.25, 0.3) is 0 Å². The van der Waals surface area contributed by atoms with Crippen molar-refractivity contribution in [3.63, 3.8) is 0 Å². The summed E-state index contributed by atoms with van der Waals surface area (Å²) in [6.45, 7) is 6.35. The Bertz CT molecular complexity index is 312. The topological polar surface area (TPSA) is 47.3 Å². The summed E-state index contributed by atoms with van der Waals surface area (Å²) in [6, 6.07) is 8.03. The van der Waals surface area contributed by atoms with Crippen LogP contribution in [0, 0.1) is 0 Å². The molecule has 0 saturated heterocycles. The van der Waals surface area contributed by atoms with Gasteiger partial charge >= 0.3 is 0 Å². The number of hydrazine groups is 1. The maximum atomic E-state index is 5.48. The highest BCUT2D eigenvalue weighted by Gasteiger charge is 2.07. The average molecular weight is 206 g/mol. The third-order valence-electron chi connectivity index (χ3n) is 2.18. The smallest absolute Gasteiger partial charge is 0.119 e. The highest BCUT2D eigenvalue weighted by Crippen LogP contribution is 2.21. The lowest BCUT2D eigenvalue weighted by Crippen LogP contribution is -2.27. The predicted molar refractivity (Wildman–Crippen MR) is 62.5 cm³/mol. The third kappa shape index (κ3) is 3.38. The largest absolute Gasteiger partial charge is 0.494 e. The number of benzene rings is 1. The Hall–Kier alpha value is -1.32. The molecule has 0 aromatic heterocycles. The molecule has 1 aromatic rings. The van der Waals surface area contributed by atoms with E-state index in [2.05, 4.69) is 12.0 Å². The molecule has 1 unspecified atom stereocenters. The van der Waals surface area contributed by atoms with E-state index in [4.69, 9.17) is 10.6 Å². The van der Waals surface area contributed by atoms with Crippen LogP contribution in [0.2, 0.25) is 0 Å². The summed E-state index contributed by atoms with van der Waals surface area (Å²) < 4.78 is 5.42. The summed E-state index contributed by atoms with van der Waals surface area (Å²) in [4.78, 5) is 0. The SMILES string of the molecule is C=CCC(NN)c1cccc(OCC)c1. The molecule has 3 nitrogen and oxygen atoms in total. The zero-order valence-corrected chi connectivity index (χ0v) is 9.07. The van der Waals surface area contributed by atoms with Crippen LogP contribution in [-0.2, 0) is 0 Å². The molecule has 0 aliphatic carbocycles. The van der Waals surface area contributed by atoms with Crippen LogP contribution in [-0.4, -0.2) is 6.61 Å². The van der Waals surface area contributed by atoms with E-state index in [1.807, 2.05) is 37.3 Å². The molecule has 15 heavy (non-hydrogen) atoms. The summed E-state index contributed by atoms with van der Waals surface area (Å²) in [7, 11) is 0. The minimum Gasteiger partial charge on any atom is -0.494 e. The Kier molecular flexibility index (Phi) is 4.87. The summed E-state index contributed by atoms with van der Waals surface area (Å²) in [6.07, 6.45) is 2.64. The maximum Gasteiger partial charge on any atom is 0.119 e. The molecule has 0 radical (unpaired) electrons. The van der Waals surface area contributed by atoms with E-state index in [0.29, 0.717) is 6.61 Å². The van der Waals surface area contributed by atoms with Gasteiger partial charge in [-0.15, -0.1) is 6.58 Å². The van der Waals surface area contributed by atoms with Crippen LogP contribution in [0.15, 0.2) is 36.9 Å². The second-order valence-corrected chi connectivity index (χ2v) is 3.25. The zero-order chi connectivity index (χ0) is 11.1. The molecule has 1 rings (SSSR count). The molecule has 0 heterocycles. The lowest BCUT2D eigenvalue weighted by molar-refractivity contribution is 0.339. The number of nitrogens with two attached hydrogens (primary N) is 1. The van der Waals surface area contributed by atoms with Gasteiger partial charge in [0, 0.05) is 6.04 Å². The standard InChI is InChI=1S/C12H18N2O/c1-3-6-12(14-13)10-7-5-8-11(9-10)15-4-2/h3,5,7-9,12,14H,1,4,6,13H2,2H3. The van der Waals surface area contributed by atoms with Crippen molar-refractivity contribution in [1.82, 2.24) is 5.43 Å². The van der Waals surface area contributed by atoms with Crippen molar-refractivity contribution in [3.8, 4) is 5.75 Å². The fourth-order valence-corrected chi connectivity index (χ4v) is 1.45. The van der Waals surface area contributed by atoms with Gasteiger partial charge in [0.15, 0.2) is 0 Å². The molecule has 1 atom stereocenters. The zero-order valence-electron chi connectivity index (χ0n) is 9.07. The number of hydrogen-bond donors (Lipinski definition) is 2. The first-order valence-electron chi connectivity index (χ1n) is 5.11. The lowest BCUT2D eigenvalue weighted by Gasteiger charge is -2.15. The van der Waals surface area contributed by atoms with E-state index in [1.165, 1.54) is 0 Å². The van der Waals surface area contributed by atoms with E-state index < -0.39 is 0 Å². The van der Waals surface area contributed by atoms with Gasteiger partial charge in [-0.05, 0) is 31.0 Å². The first-order valence-corrected chi connectivity index (χ1v) is 5.11. The second kappa shape index (κ2) is 6.22. The van der Waals surface area contributed by atoms with Crippen LogP contribution in [0.3, 0.4) is 0 Å². The predicted octanol–water partition coefficient (Wildman–Crippen LogP) is 2.17. The molecule has 0 saturated carbocycles. The molecule has 0 bridgehead atoms. The summed E-state index contributed by atoms with van der Waals surface area (Å²) in [5, 5.41) is 0. The van der Waals surface area contributed by atoms with Gasteiger partial charge in [0.2, 0.25) is 0 Å². The molecule has 0 aliphatic rings. The Balaban J connectivity index is 2.81. The summed E-state index contributed by atoms with van der Waals surface area (Å²) in [5.74, 6) is 6.35. The molecule has 3 N–H and O–H groups in total. The molecule has 0 spiro atoms. The number of ether oxygens (including phenoxy) is 1. The third-order valence-corrected chi connectivity index (χ3v) is 2.18. The van der Waals surface area contributed by atoms with E-state index in [1.54, 1.807) is 0 Å².